The Hall–Kier alpha value is -4.46. The summed E-state index contributed by atoms with van der Waals surface area (Å²) < 4.78 is 0. The molecule has 154 valence electrons. The highest BCUT2D eigenvalue weighted by Crippen LogP contribution is 2.25. The number of phenolic OH excluding ortho intramolecular Hbond substituents is 1. The summed E-state index contributed by atoms with van der Waals surface area (Å²) in [5, 5.41) is 21.2. The number of fused-ring (bicyclic) bond motifs is 1. The molecule has 31 heavy (non-hydrogen) atoms. The quantitative estimate of drug-likeness (QED) is 0.434. The van der Waals surface area contributed by atoms with Crippen molar-refractivity contribution in [3.8, 4) is 5.75 Å². The number of aromatic carboxylic acids is 1. The highest BCUT2D eigenvalue weighted by molar-refractivity contribution is 6.21. The smallest absolute Gasteiger partial charge is 0.337 e. The minimum absolute atomic E-state index is 0.0467. The molecule has 8 heteroatoms. The van der Waals surface area contributed by atoms with Crippen LogP contribution < -0.4 is 5.32 Å². The van der Waals surface area contributed by atoms with E-state index in [-0.39, 0.29) is 40.9 Å². The molecule has 1 heterocycles. The number of amides is 3. The van der Waals surface area contributed by atoms with Crippen molar-refractivity contribution in [1.82, 2.24) is 4.90 Å². The van der Waals surface area contributed by atoms with E-state index in [1.165, 1.54) is 24.3 Å². The first-order valence-electron chi connectivity index (χ1n) is 9.27. The van der Waals surface area contributed by atoms with Gasteiger partial charge in [0.1, 0.15) is 5.75 Å². The lowest BCUT2D eigenvalue weighted by Gasteiger charge is -2.14. The van der Waals surface area contributed by atoms with Crippen molar-refractivity contribution in [2.75, 3.05) is 5.32 Å². The summed E-state index contributed by atoms with van der Waals surface area (Å²) >= 11 is 0. The van der Waals surface area contributed by atoms with Crippen molar-refractivity contribution in [3.05, 3.63) is 94.5 Å². The number of carboxylic acid groups (broad SMARTS) is 1. The molecule has 8 nitrogen and oxygen atoms in total. The maximum atomic E-state index is 12.5. The molecule has 0 aromatic heterocycles. The third kappa shape index (κ3) is 3.74. The minimum Gasteiger partial charge on any atom is -0.508 e. The molecular formula is C23H16N2O6. The van der Waals surface area contributed by atoms with Gasteiger partial charge in [0, 0.05) is 5.56 Å². The van der Waals surface area contributed by atoms with Crippen LogP contribution in [0.15, 0.2) is 66.7 Å². The van der Waals surface area contributed by atoms with Gasteiger partial charge in [0.2, 0.25) is 0 Å². The number of hydrogen-bond donors (Lipinski definition) is 3. The Bertz CT molecular complexity index is 1200. The van der Waals surface area contributed by atoms with Gasteiger partial charge >= 0.3 is 5.97 Å². The van der Waals surface area contributed by atoms with E-state index in [1.807, 2.05) is 0 Å². The summed E-state index contributed by atoms with van der Waals surface area (Å²) in [5.41, 5.74) is 1.46. The van der Waals surface area contributed by atoms with Crippen LogP contribution in [0.25, 0.3) is 0 Å². The minimum atomic E-state index is -1.29. The molecule has 0 atom stereocenters. The lowest BCUT2D eigenvalue weighted by atomic mass is 10.1. The van der Waals surface area contributed by atoms with Crippen LogP contribution in [0, 0.1) is 0 Å². The molecule has 1 aliphatic heterocycles. The SMILES string of the molecule is O=C(Nc1ccc(O)cc1C(=O)O)c1ccc(CN2C(=O)c3ccccc3C2=O)cc1. The number of nitrogens with one attached hydrogen (secondary N) is 1. The van der Waals surface area contributed by atoms with E-state index >= 15 is 0 Å². The fourth-order valence-electron chi connectivity index (χ4n) is 3.34. The predicted octanol–water partition coefficient (Wildman–Crippen LogP) is 3.14. The van der Waals surface area contributed by atoms with E-state index in [2.05, 4.69) is 5.32 Å². The number of rotatable bonds is 5. The van der Waals surface area contributed by atoms with Crippen LogP contribution in [0.2, 0.25) is 0 Å². The van der Waals surface area contributed by atoms with Gasteiger partial charge in [0.05, 0.1) is 28.9 Å². The van der Waals surface area contributed by atoms with Crippen LogP contribution in [-0.2, 0) is 6.54 Å². The molecule has 0 saturated heterocycles. The summed E-state index contributed by atoms with van der Waals surface area (Å²) in [4.78, 5) is 49.9. The summed E-state index contributed by atoms with van der Waals surface area (Å²) in [6.07, 6.45) is 0. The van der Waals surface area contributed by atoms with Gasteiger partial charge in [0.15, 0.2) is 0 Å². The van der Waals surface area contributed by atoms with E-state index in [0.29, 0.717) is 16.7 Å². The first kappa shape index (κ1) is 19.8. The average molecular weight is 416 g/mol. The monoisotopic (exact) mass is 416 g/mol. The van der Waals surface area contributed by atoms with Gasteiger partial charge < -0.3 is 15.5 Å². The zero-order valence-electron chi connectivity index (χ0n) is 16.0. The maximum Gasteiger partial charge on any atom is 0.337 e. The number of carboxylic acids is 1. The van der Waals surface area contributed by atoms with Crippen molar-refractivity contribution in [1.29, 1.82) is 0 Å². The number of anilines is 1. The molecule has 0 unspecified atom stereocenters. The number of aromatic hydroxyl groups is 1. The van der Waals surface area contributed by atoms with E-state index in [1.54, 1.807) is 36.4 Å². The Morgan fingerprint density at radius 3 is 2.06 bits per heavy atom. The number of benzene rings is 3. The molecule has 0 bridgehead atoms. The van der Waals surface area contributed by atoms with E-state index in [4.69, 9.17) is 0 Å². The normalized spacial score (nSPS) is 12.6. The van der Waals surface area contributed by atoms with Crippen LogP contribution in [-0.4, -0.2) is 38.8 Å². The number of hydrogen-bond acceptors (Lipinski definition) is 5. The molecule has 0 spiro atoms. The summed E-state index contributed by atoms with van der Waals surface area (Å²) in [6.45, 7) is 0.0649. The van der Waals surface area contributed by atoms with Gasteiger partial charge in [-0.25, -0.2) is 4.79 Å². The van der Waals surface area contributed by atoms with Crippen molar-refractivity contribution in [3.63, 3.8) is 0 Å². The first-order chi connectivity index (χ1) is 14.8. The fraction of sp³-hybridized carbons (Fsp3) is 0.0435. The lowest BCUT2D eigenvalue weighted by Crippen LogP contribution is -2.29. The van der Waals surface area contributed by atoms with Crippen LogP contribution in [0.4, 0.5) is 5.69 Å². The standard InChI is InChI=1S/C23H16N2O6/c26-15-9-10-19(18(11-15)23(30)31)24-20(27)14-7-5-13(6-8-14)12-25-21(28)16-3-1-2-4-17(16)22(25)29/h1-11,26H,12H2,(H,24,27)(H,30,31). The van der Waals surface area contributed by atoms with Gasteiger partial charge in [0.25, 0.3) is 17.7 Å². The number of carbonyl (C=O) groups excluding carboxylic acids is 3. The van der Waals surface area contributed by atoms with Crippen LogP contribution in [0.3, 0.4) is 0 Å². The van der Waals surface area contributed by atoms with E-state index in [9.17, 15) is 29.4 Å². The molecule has 3 aromatic rings. The van der Waals surface area contributed by atoms with Crippen LogP contribution in [0.5, 0.6) is 5.75 Å². The molecule has 3 aromatic carbocycles. The third-order valence-electron chi connectivity index (χ3n) is 4.92. The van der Waals surface area contributed by atoms with Crippen molar-refractivity contribution in [2.45, 2.75) is 6.54 Å². The molecule has 0 radical (unpaired) electrons. The Morgan fingerprint density at radius 1 is 0.871 bits per heavy atom. The Morgan fingerprint density at radius 2 is 1.48 bits per heavy atom. The Balaban J connectivity index is 1.48. The summed E-state index contributed by atoms with van der Waals surface area (Å²) in [6, 6.07) is 16.5. The highest BCUT2D eigenvalue weighted by atomic mass is 16.4. The second-order valence-corrected chi connectivity index (χ2v) is 6.93. The maximum absolute atomic E-state index is 12.5. The second kappa shape index (κ2) is 7.75. The molecule has 3 amide bonds. The zero-order chi connectivity index (χ0) is 22.1. The Labute approximate surface area is 176 Å². The van der Waals surface area contributed by atoms with Crippen molar-refractivity contribution in [2.24, 2.45) is 0 Å². The molecule has 1 aliphatic rings. The average Bonchev–Trinajstić information content (AvgIpc) is 3.00. The van der Waals surface area contributed by atoms with Crippen LogP contribution >= 0.6 is 0 Å². The highest BCUT2D eigenvalue weighted by Gasteiger charge is 2.34. The summed E-state index contributed by atoms with van der Waals surface area (Å²) in [7, 11) is 0. The fourth-order valence-corrected chi connectivity index (χ4v) is 3.34. The predicted molar refractivity (Wildman–Crippen MR) is 110 cm³/mol. The number of phenols is 1. The third-order valence-corrected chi connectivity index (χ3v) is 4.92. The second-order valence-electron chi connectivity index (χ2n) is 6.93. The largest absolute Gasteiger partial charge is 0.508 e. The molecular weight excluding hydrogens is 400 g/mol. The van der Waals surface area contributed by atoms with Crippen molar-refractivity contribution >= 4 is 29.4 Å². The molecule has 0 aliphatic carbocycles. The number of nitrogens with zero attached hydrogens (tertiary/aromatic N) is 1. The Kier molecular flexibility index (Phi) is 4.96. The van der Waals surface area contributed by atoms with Gasteiger partial charge in [-0.15, -0.1) is 0 Å². The molecule has 0 saturated carbocycles. The zero-order valence-corrected chi connectivity index (χ0v) is 16.0. The summed E-state index contributed by atoms with van der Waals surface area (Å²) in [5.74, 6) is -2.79. The molecule has 0 fully saturated rings. The van der Waals surface area contributed by atoms with Gasteiger partial charge in [-0.05, 0) is 48.0 Å². The topological polar surface area (TPSA) is 124 Å². The van der Waals surface area contributed by atoms with Crippen molar-refractivity contribution < 1.29 is 29.4 Å². The van der Waals surface area contributed by atoms with E-state index in [0.717, 1.165) is 11.0 Å². The van der Waals surface area contributed by atoms with Gasteiger partial charge in [-0.3, -0.25) is 19.3 Å². The van der Waals surface area contributed by atoms with Gasteiger partial charge in [-0.2, -0.15) is 0 Å². The molecule has 3 N–H and O–H groups in total. The number of imide groups is 1. The first-order valence-corrected chi connectivity index (χ1v) is 9.27. The molecule has 4 rings (SSSR count). The van der Waals surface area contributed by atoms with Gasteiger partial charge in [-0.1, -0.05) is 24.3 Å². The lowest BCUT2D eigenvalue weighted by molar-refractivity contribution is 0.0639. The van der Waals surface area contributed by atoms with E-state index < -0.39 is 11.9 Å². The number of carbonyl (C=O) groups is 4. The van der Waals surface area contributed by atoms with Crippen LogP contribution in [0.1, 0.15) is 47.0 Å².